The van der Waals surface area contributed by atoms with Crippen LogP contribution in [0.4, 0.5) is 8.78 Å². The van der Waals surface area contributed by atoms with E-state index in [1.54, 1.807) is 0 Å². The molecular weight excluding hydrogens is 298 g/mol. The molecular formula is C15H13BrF2. The maximum atomic E-state index is 13.1. The van der Waals surface area contributed by atoms with Crippen molar-refractivity contribution in [3.8, 4) is 0 Å². The molecule has 3 heteroatoms. The fraction of sp³-hybridized carbons (Fsp3) is 0.200. The summed E-state index contributed by atoms with van der Waals surface area (Å²) in [5.41, 5.74) is 2.95. The molecule has 0 bridgehead atoms. The smallest absolute Gasteiger partial charge is 0.126 e. The van der Waals surface area contributed by atoms with Crippen molar-refractivity contribution < 1.29 is 8.78 Å². The van der Waals surface area contributed by atoms with Crippen LogP contribution in [0.15, 0.2) is 42.5 Å². The Hall–Kier alpha value is -1.22. The van der Waals surface area contributed by atoms with E-state index in [2.05, 4.69) is 15.9 Å². The second kappa shape index (κ2) is 5.61. The fourth-order valence-electron chi connectivity index (χ4n) is 1.80. The number of hydrogen-bond donors (Lipinski definition) is 0. The van der Waals surface area contributed by atoms with Crippen LogP contribution in [0.25, 0.3) is 0 Å². The molecule has 0 aliphatic carbocycles. The normalized spacial score (nSPS) is 12.4. The lowest BCUT2D eigenvalue weighted by Gasteiger charge is -2.11. The van der Waals surface area contributed by atoms with Gasteiger partial charge < -0.3 is 0 Å². The lowest BCUT2D eigenvalue weighted by molar-refractivity contribution is 0.579. The van der Waals surface area contributed by atoms with Crippen molar-refractivity contribution in [1.29, 1.82) is 0 Å². The molecule has 2 aromatic carbocycles. The number of rotatable bonds is 3. The molecule has 0 amide bonds. The molecule has 0 heterocycles. The van der Waals surface area contributed by atoms with Crippen molar-refractivity contribution in [1.82, 2.24) is 0 Å². The first kappa shape index (κ1) is 13.2. The molecule has 0 spiro atoms. The van der Waals surface area contributed by atoms with Crippen molar-refractivity contribution in [3.05, 3.63) is 70.8 Å². The first-order chi connectivity index (χ1) is 8.54. The average molecular weight is 311 g/mol. The van der Waals surface area contributed by atoms with Crippen LogP contribution in [0, 0.1) is 18.6 Å². The summed E-state index contributed by atoms with van der Waals surface area (Å²) in [6.45, 7) is 2.03. The lowest BCUT2D eigenvalue weighted by Crippen LogP contribution is -1.97. The number of aryl methyl sites for hydroxylation is 1. The Labute approximate surface area is 114 Å². The largest absolute Gasteiger partial charge is 0.207 e. The van der Waals surface area contributed by atoms with Gasteiger partial charge in [-0.05, 0) is 36.6 Å². The van der Waals surface area contributed by atoms with Gasteiger partial charge in [-0.25, -0.2) is 8.78 Å². The number of hydrogen-bond acceptors (Lipinski definition) is 0. The summed E-state index contributed by atoms with van der Waals surface area (Å²) in [5, 5.41) is 0. The minimum absolute atomic E-state index is 0.0922. The molecule has 0 radical (unpaired) electrons. The molecule has 0 saturated heterocycles. The minimum Gasteiger partial charge on any atom is -0.207 e. The molecule has 2 rings (SSSR count). The van der Waals surface area contributed by atoms with Crippen molar-refractivity contribution in [2.75, 3.05) is 0 Å². The fourth-order valence-corrected chi connectivity index (χ4v) is 2.44. The van der Waals surface area contributed by atoms with Gasteiger partial charge in [-0.1, -0.05) is 45.8 Å². The van der Waals surface area contributed by atoms with Crippen molar-refractivity contribution in [2.45, 2.75) is 18.2 Å². The zero-order valence-electron chi connectivity index (χ0n) is 9.96. The highest BCUT2D eigenvalue weighted by Gasteiger charge is 2.11. The van der Waals surface area contributed by atoms with Gasteiger partial charge in [0.25, 0.3) is 0 Å². The van der Waals surface area contributed by atoms with Crippen LogP contribution in [0.5, 0.6) is 0 Å². The van der Waals surface area contributed by atoms with Gasteiger partial charge in [0.15, 0.2) is 0 Å². The van der Waals surface area contributed by atoms with Crippen LogP contribution >= 0.6 is 15.9 Å². The van der Waals surface area contributed by atoms with Crippen LogP contribution in [-0.4, -0.2) is 0 Å². The molecule has 2 aromatic rings. The average Bonchev–Trinajstić information content (AvgIpc) is 2.31. The lowest BCUT2D eigenvalue weighted by atomic mass is 10.0. The first-order valence-corrected chi connectivity index (χ1v) is 6.62. The topological polar surface area (TPSA) is 0 Å². The first-order valence-electron chi connectivity index (χ1n) is 5.70. The standard InChI is InChI=1S/C15H13BrF2/c1-10-2-4-11(5-3-10)6-15(16)12-7-13(17)9-14(18)8-12/h2-5,7-9,15H,6H2,1H3. The van der Waals surface area contributed by atoms with Gasteiger partial charge in [0.2, 0.25) is 0 Å². The summed E-state index contributed by atoms with van der Waals surface area (Å²) >= 11 is 3.48. The predicted octanol–water partition coefficient (Wildman–Crippen LogP) is 4.95. The Balaban J connectivity index is 2.16. The Bertz CT molecular complexity index is 514. The van der Waals surface area contributed by atoms with E-state index in [-0.39, 0.29) is 4.83 Å². The number of halogens is 3. The highest BCUT2D eigenvalue weighted by Crippen LogP contribution is 2.28. The summed E-state index contributed by atoms with van der Waals surface area (Å²) in [4.78, 5) is -0.0922. The zero-order chi connectivity index (χ0) is 13.1. The zero-order valence-corrected chi connectivity index (χ0v) is 11.5. The van der Waals surface area contributed by atoms with E-state index in [9.17, 15) is 8.78 Å². The molecule has 0 aromatic heterocycles. The van der Waals surface area contributed by atoms with Gasteiger partial charge >= 0.3 is 0 Å². The molecule has 1 atom stereocenters. The number of alkyl halides is 1. The highest BCUT2D eigenvalue weighted by molar-refractivity contribution is 9.09. The summed E-state index contributed by atoms with van der Waals surface area (Å²) < 4.78 is 26.2. The van der Waals surface area contributed by atoms with Gasteiger partial charge in [-0.2, -0.15) is 0 Å². The number of benzene rings is 2. The van der Waals surface area contributed by atoms with E-state index in [0.717, 1.165) is 11.6 Å². The van der Waals surface area contributed by atoms with E-state index < -0.39 is 11.6 Å². The third kappa shape index (κ3) is 3.39. The Morgan fingerprint density at radius 1 is 1.00 bits per heavy atom. The van der Waals surface area contributed by atoms with E-state index in [4.69, 9.17) is 0 Å². The summed E-state index contributed by atoms with van der Waals surface area (Å²) in [6.07, 6.45) is 0.698. The van der Waals surface area contributed by atoms with E-state index in [1.165, 1.54) is 17.7 Å². The van der Waals surface area contributed by atoms with Crippen LogP contribution < -0.4 is 0 Å². The maximum absolute atomic E-state index is 13.1. The quantitative estimate of drug-likeness (QED) is 0.703. The molecule has 0 N–H and O–H groups in total. The van der Waals surface area contributed by atoms with E-state index in [1.807, 2.05) is 31.2 Å². The SMILES string of the molecule is Cc1ccc(CC(Br)c2cc(F)cc(F)c2)cc1. The molecule has 1 unspecified atom stereocenters. The molecule has 18 heavy (non-hydrogen) atoms. The Kier molecular flexibility index (Phi) is 4.12. The minimum atomic E-state index is -0.543. The van der Waals surface area contributed by atoms with E-state index in [0.29, 0.717) is 12.0 Å². The van der Waals surface area contributed by atoms with Gasteiger partial charge in [-0.15, -0.1) is 0 Å². The van der Waals surface area contributed by atoms with Crippen LogP contribution in [0.2, 0.25) is 0 Å². The highest BCUT2D eigenvalue weighted by atomic mass is 79.9. The maximum Gasteiger partial charge on any atom is 0.126 e. The van der Waals surface area contributed by atoms with Gasteiger partial charge in [0, 0.05) is 10.9 Å². The Morgan fingerprint density at radius 3 is 2.11 bits per heavy atom. The monoisotopic (exact) mass is 310 g/mol. The van der Waals surface area contributed by atoms with Crippen LogP contribution in [-0.2, 0) is 6.42 Å². The van der Waals surface area contributed by atoms with Crippen LogP contribution in [0.3, 0.4) is 0 Å². The third-order valence-electron chi connectivity index (χ3n) is 2.78. The third-order valence-corrected chi connectivity index (χ3v) is 3.63. The molecule has 0 saturated carbocycles. The van der Waals surface area contributed by atoms with Crippen molar-refractivity contribution >= 4 is 15.9 Å². The second-order valence-corrected chi connectivity index (χ2v) is 5.47. The predicted molar refractivity (Wildman–Crippen MR) is 72.9 cm³/mol. The Morgan fingerprint density at radius 2 is 1.56 bits per heavy atom. The summed E-state index contributed by atoms with van der Waals surface area (Å²) in [7, 11) is 0. The second-order valence-electron chi connectivity index (χ2n) is 4.36. The molecule has 0 nitrogen and oxygen atoms in total. The summed E-state index contributed by atoms with van der Waals surface area (Å²) in [6, 6.07) is 11.7. The molecule has 0 aliphatic heterocycles. The van der Waals surface area contributed by atoms with Gasteiger partial charge in [0.1, 0.15) is 11.6 Å². The molecule has 0 aliphatic rings. The van der Waals surface area contributed by atoms with Crippen molar-refractivity contribution in [3.63, 3.8) is 0 Å². The summed E-state index contributed by atoms with van der Waals surface area (Å²) in [5.74, 6) is -1.09. The molecule has 94 valence electrons. The van der Waals surface area contributed by atoms with Gasteiger partial charge in [-0.3, -0.25) is 0 Å². The molecule has 0 fully saturated rings. The van der Waals surface area contributed by atoms with Crippen molar-refractivity contribution in [2.24, 2.45) is 0 Å². The van der Waals surface area contributed by atoms with Gasteiger partial charge in [0.05, 0.1) is 0 Å². The van der Waals surface area contributed by atoms with E-state index >= 15 is 0 Å². The van der Waals surface area contributed by atoms with Crippen LogP contribution in [0.1, 0.15) is 21.5 Å².